The van der Waals surface area contributed by atoms with Crippen molar-refractivity contribution in [2.24, 2.45) is 0 Å². The fourth-order valence-corrected chi connectivity index (χ4v) is 9.28. The maximum absolute atomic E-state index is 14.8. The van der Waals surface area contributed by atoms with Crippen LogP contribution in [0.4, 0.5) is 0 Å². The average Bonchev–Trinajstić information content (AvgIpc) is 3.54. The van der Waals surface area contributed by atoms with Crippen LogP contribution >= 0.6 is 7.14 Å². The van der Waals surface area contributed by atoms with Crippen molar-refractivity contribution in [1.82, 2.24) is 9.38 Å². The zero-order valence-electron chi connectivity index (χ0n) is 25.8. The molecular formula is C43H31N2OP. The first-order valence-electron chi connectivity index (χ1n) is 15.6. The largest absolute Gasteiger partial charge is 0.309 e. The molecule has 8 aromatic rings. The Kier molecular flexibility index (Phi) is 7.05. The van der Waals surface area contributed by atoms with Gasteiger partial charge in [-0.3, -0.25) is 4.40 Å². The first kappa shape index (κ1) is 28.7. The molecular weight excluding hydrogens is 591 g/mol. The van der Waals surface area contributed by atoms with Gasteiger partial charge in [0.05, 0.1) is 16.6 Å². The van der Waals surface area contributed by atoms with Gasteiger partial charge in [0.15, 0.2) is 7.14 Å². The Bertz CT molecular complexity index is 2560. The van der Waals surface area contributed by atoms with Gasteiger partial charge in [-0.25, -0.2) is 4.98 Å². The number of fused-ring (bicyclic) bond motifs is 5. The van der Waals surface area contributed by atoms with Crippen LogP contribution in [0.5, 0.6) is 0 Å². The van der Waals surface area contributed by atoms with Gasteiger partial charge in [0, 0.05) is 26.5 Å². The van der Waals surface area contributed by atoms with E-state index in [1.165, 1.54) is 0 Å². The number of rotatable bonds is 6. The van der Waals surface area contributed by atoms with Crippen LogP contribution in [0.3, 0.4) is 0 Å². The second-order valence-corrected chi connectivity index (χ2v) is 14.5. The summed E-state index contributed by atoms with van der Waals surface area (Å²) in [5, 5.41) is 5.52. The van der Waals surface area contributed by atoms with Crippen molar-refractivity contribution >= 4 is 63.3 Å². The Morgan fingerprint density at radius 1 is 0.574 bits per heavy atom. The maximum Gasteiger partial charge on any atom is 0.171 e. The van der Waals surface area contributed by atoms with Crippen LogP contribution < -0.4 is 26.4 Å². The molecule has 0 saturated heterocycles. The highest BCUT2D eigenvalue weighted by molar-refractivity contribution is 7.85. The van der Waals surface area contributed by atoms with Gasteiger partial charge in [0.2, 0.25) is 0 Å². The van der Waals surface area contributed by atoms with Crippen LogP contribution in [0.2, 0.25) is 0 Å². The summed E-state index contributed by atoms with van der Waals surface area (Å²) in [5.41, 5.74) is 8.34. The number of benzene rings is 6. The molecule has 0 aliphatic rings. The third-order valence-corrected chi connectivity index (χ3v) is 12.1. The molecule has 0 unspecified atom stereocenters. The van der Waals surface area contributed by atoms with Crippen LogP contribution in [-0.4, -0.2) is 9.38 Å². The van der Waals surface area contributed by atoms with Crippen molar-refractivity contribution in [2.45, 2.75) is 0 Å². The van der Waals surface area contributed by atoms with E-state index in [1.54, 1.807) is 0 Å². The number of hydrogen-bond acceptors (Lipinski definition) is 2. The van der Waals surface area contributed by atoms with Gasteiger partial charge in [-0.05, 0) is 45.7 Å². The first-order chi connectivity index (χ1) is 23.1. The van der Waals surface area contributed by atoms with Crippen LogP contribution in [0, 0.1) is 0 Å². The fourth-order valence-electron chi connectivity index (χ4n) is 6.63. The summed E-state index contributed by atoms with van der Waals surface area (Å²) < 4.78 is 17.0. The number of para-hydroxylation sites is 2. The van der Waals surface area contributed by atoms with Gasteiger partial charge in [-0.1, -0.05) is 159 Å². The SMILES string of the molecule is C=C/C=c1\c(=C)c2nc3ccccc3n2c2cc(-c3ccc(-c4ccc(P(=O)(c5ccccc5)c5ccccc5)cc4)cc3)ccc12. The Morgan fingerprint density at radius 2 is 1.09 bits per heavy atom. The molecule has 47 heavy (non-hydrogen) atoms. The molecule has 0 fully saturated rings. The third kappa shape index (κ3) is 4.76. The fraction of sp³-hybridized carbons (Fsp3) is 0. The van der Waals surface area contributed by atoms with Gasteiger partial charge in [0.1, 0.15) is 5.65 Å². The summed E-state index contributed by atoms with van der Waals surface area (Å²) in [6.07, 6.45) is 3.83. The van der Waals surface area contributed by atoms with Crippen LogP contribution in [0.15, 0.2) is 164 Å². The summed E-state index contributed by atoms with van der Waals surface area (Å²) in [5.74, 6) is 0. The Hall–Kier alpha value is -5.76. The summed E-state index contributed by atoms with van der Waals surface area (Å²) in [7, 11) is -3.01. The highest BCUT2D eigenvalue weighted by Crippen LogP contribution is 2.42. The van der Waals surface area contributed by atoms with Crippen LogP contribution in [0.25, 0.3) is 62.5 Å². The minimum atomic E-state index is -3.01. The van der Waals surface area contributed by atoms with E-state index in [-0.39, 0.29) is 0 Å². The van der Waals surface area contributed by atoms with Crippen molar-refractivity contribution in [1.29, 1.82) is 0 Å². The quantitative estimate of drug-likeness (QED) is 0.176. The number of imidazole rings is 1. The van der Waals surface area contributed by atoms with E-state index in [0.29, 0.717) is 0 Å². The molecule has 0 atom stereocenters. The molecule has 4 heteroatoms. The molecule has 8 rings (SSSR count). The molecule has 0 aliphatic carbocycles. The highest BCUT2D eigenvalue weighted by atomic mass is 31.2. The molecule has 0 aliphatic heterocycles. The second-order valence-electron chi connectivity index (χ2n) is 11.7. The zero-order valence-corrected chi connectivity index (χ0v) is 26.6. The molecule has 0 saturated carbocycles. The van der Waals surface area contributed by atoms with Crippen molar-refractivity contribution in [3.63, 3.8) is 0 Å². The van der Waals surface area contributed by atoms with Gasteiger partial charge in [-0.2, -0.15) is 0 Å². The molecule has 224 valence electrons. The third-order valence-electron chi connectivity index (χ3n) is 8.99. The van der Waals surface area contributed by atoms with Gasteiger partial charge >= 0.3 is 0 Å². The Morgan fingerprint density at radius 3 is 1.70 bits per heavy atom. The lowest BCUT2D eigenvalue weighted by Gasteiger charge is -2.20. The number of allylic oxidation sites excluding steroid dienone is 1. The van der Waals surface area contributed by atoms with Gasteiger partial charge in [0.25, 0.3) is 0 Å². The van der Waals surface area contributed by atoms with E-state index >= 15 is 0 Å². The van der Waals surface area contributed by atoms with Crippen molar-refractivity contribution in [3.05, 3.63) is 175 Å². The highest BCUT2D eigenvalue weighted by Gasteiger charge is 2.29. The number of nitrogens with zero attached hydrogens (tertiary/aromatic N) is 2. The van der Waals surface area contributed by atoms with E-state index in [9.17, 15) is 4.57 Å². The summed E-state index contributed by atoms with van der Waals surface area (Å²) >= 11 is 0. The maximum atomic E-state index is 14.8. The lowest BCUT2D eigenvalue weighted by atomic mass is 9.99. The number of aromatic nitrogens is 2. The number of hydrogen-bond donors (Lipinski definition) is 0. The minimum Gasteiger partial charge on any atom is -0.309 e. The average molecular weight is 623 g/mol. The lowest BCUT2D eigenvalue weighted by molar-refractivity contribution is 0.592. The topological polar surface area (TPSA) is 34.4 Å². The molecule has 2 aromatic heterocycles. The summed E-state index contributed by atoms with van der Waals surface area (Å²) in [6.45, 7) is 8.35. The molecule has 0 N–H and O–H groups in total. The van der Waals surface area contributed by atoms with E-state index in [1.807, 2.05) is 103 Å². The van der Waals surface area contributed by atoms with E-state index < -0.39 is 7.14 Å². The van der Waals surface area contributed by atoms with Crippen LogP contribution in [0.1, 0.15) is 0 Å². The molecule has 6 aromatic carbocycles. The predicted octanol–water partition coefficient (Wildman–Crippen LogP) is 7.99. The lowest BCUT2D eigenvalue weighted by Crippen LogP contribution is -2.27. The molecule has 0 amide bonds. The molecule has 0 radical (unpaired) electrons. The van der Waals surface area contributed by atoms with Gasteiger partial charge in [-0.15, -0.1) is 0 Å². The molecule has 0 spiro atoms. The molecule has 2 heterocycles. The van der Waals surface area contributed by atoms with Crippen molar-refractivity contribution in [2.75, 3.05) is 0 Å². The standard InChI is InChI=1S/C43H31N2OP/c1-3-12-38-30(2)43-44-40-17-10-11-18-41(40)45(43)42-29-34(25-28-39(38)42)33-21-19-31(20-22-33)32-23-26-37(27-24-32)47(46,35-13-6-4-7-14-35)36-15-8-5-9-16-36/h3-29H,1-2H2/b38-12+. The van der Waals surface area contributed by atoms with E-state index in [4.69, 9.17) is 4.98 Å². The summed E-state index contributed by atoms with van der Waals surface area (Å²) in [4.78, 5) is 4.94. The summed E-state index contributed by atoms with van der Waals surface area (Å²) in [6, 6.07) is 51.2. The van der Waals surface area contributed by atoms with E-state index in [2.05, 4.69) is 78.2 Å². The smallest absolute Gasteiger partial charge is 0.171 e. The normalized spacial score (nSPS) is 12.2. The van der Waals surface area contributed by atoms with Gasteiger partial charge < -0.3 is 4.57 Å². The zero-order chi connectivity index (χ0) is 32.0. The number of pyridine rings is 1. The Balaban J connectivity index is 1.18. The monoisotopic (exact) mass is 622 g/mol. The molecule has 0 bridgehead atoms. The first-order valence-corrected chi connectivity index (χ1v) is 17.3. The van der Waals surface area contributed by atoms with Crippen molar-refractivity contribution in [3.8, 4) is 22.3 Å². The van der Waals surface area contributed by atoms with Crippen LogP contribution in [-0.2, 0) is 4.57 Å². The van der Waals surface area contributed by atoms with E-state index in [0.717, 1.165) is 76.2 Å². The second kappa shape index (κ2) is 11.6. The van der Waals surface area contributed by atoms with Crippen molar-refractivity contribution < 1.29 is 4.57 Å². The minimum absolute atomic E-state index is 0.822. The Labute approximate surface area is 273 Å². The molecule has 3 nitrogen and oxygen atoms in total. The predicted molar refractivity (Wildman–Crippen MR) is 200 cm³/mol.